The number of hydrogen-bond donors (Lipinski definition) is 2. The van der Waals surface area contributed by atoms with E-state index in [9.17, 15) is 4.79 Å². The van der Waals surface area contributed by atoms with Crippen LogP contribution in [0.3, 0.4) is 0 Å². The SMILES string of the molecule is Cc1cc(N)c(C(=O)Nc2csc(-c3nncn3C(C)C)c2)cc1-n1cnc(C2CC2)c1. The number of aromatic nitrogens is 5. The van der Waals surface area contributed by atoms with E-state index in [1.807, 2.05) is 52.2 Å². The number of nitrogens with zero attached hydrogens (tertiary/aromatic N) is 5. The topological polar surface area (TPSA) is 104 Å². The summed E-state index contributed by atoms with van der Waals surface area (Å²) in [6.45, 7) is 6.14. The molecule has 1 fully saturated rings. The third-order valence-electron chi connectivity index (χ3n) is 5.70. The number of benzene rings is 1. The van der Waals surface area contributed by atoms with E-state index >= 15 is 0 Å². The highest BCUT2D eigenvalue weighted by Gasteiger charge is 2.26. The standard InChI is InChI=1S/C23H25N7OS/c1-13(2)30-12-26-28-22(30)21-7-16(10-32-21)27-23(31)17-8-20(14(3)6-18(17)24)29-9-19(25-11-29)15-4-5-15/h6-13,15H,4-5,24H2,1-3H3,(H,27,31). The number of imidazole rings is 1. The molecule has 1 amide bonds. The minimum absolute atomic E-state index is 0.245. The fraction of sp³-hybridized carbons (Fsp3) is 0.304. The number of carbonyl (C=O) groups is 1. The van der Waals surface area contributed by atoms with Crippen LogP contribution in [-0.4, -0.2) is 30.2 Å². The van der Waals surface area contributed by atoms with Crippen molar-refractivity contribution in [1.29, 1.82) is 0 Å². The van der Waals surface area contributed by atoms with E-state index in [0.29, 0.717) is 22.9 Å². The average Bonchev–Trinajstić information content (AvgIpc) is 3.15. The fourth-order valence-electron chi connectivity index (χ4n) is 3.77. The van der Waals surface area contributed by atoms with Gasteiger partial charge in [-0.3, -0.25) is 4.79 Å². The molecule has 0 saturated heterocycles. The summed E-state index contributed by atoms with van der Waals surface area (Å²) < 4.78 is 3.98. The fourth-order valence-corrected chi connectivity index (χ4v) is 4.60. The molecule has 1 aliphatic rings. The van der Waals surface area contributed by atoms with Crippen molar-refractivity contribution in [3.05, 3.63) is 59.3 Å². The first-order chi connectivity index (χ1) is 15.4. The minimum atomic E-state index is -0.249. The summed E-state index contributed by atoms with van der Waals surface area (Å²) in [5, 5.41) is 13.1. The maximum atomic E-state index is 13.1. The van der Waals surface area contributed by atoms with Crippen LogP contribution < -0.4 is 11.1 Å². The highest BCUT2D eigenvalue weighted by atomic mass is 32.1. The van der Waals surface area contributed by atoms with Crippen LogP contribution >= 0.6 is 11.3 Å². The maximum absolute atomic E-state index is 13.1. The van der Waals surface area contributed by atoms with Gasteiger partial charge in [-0.25, -0.2) is 4.98 Å². The van der Waals surface area contributed by atoms with Gasteiger partial charge in [0.1, 0.15) is 6.33 Å². The van der Waals surface area contributed by atoms with Crippen LogP contribution in [0.2, 0.25) is 0 Å². The van der Waals surface area contributed by atoms with Crippen LogP contribution in [-0.2, 0) is 0 Å². The van der Waals surface area contributed by atoms with Crippen LogP contribution in [0.1, 0.15) is 60.3 Å². The van der Waals surface area contributed by atoms with Gasteiger partial charge in [0.25, 0.3) is 5.91 Å². The molecule has 4 aromatic rings. The zero-order valence-electron chi connectivity index (χ0n) is 18.2. The molecule has 5 rings (SSSR count). The van der Waals surface area contributed by atoms with Gasteiger partial charge >= 0.3 is 0 Å². The Balaban J connectivity index is 1.40. The molecule has 3 aromatic heterocycles. The normalized spacial score (nSPS) is 13.6. The van der Waals surface area contributed by atoms with E-state index in [1.54, 1.807) is 6.33 Å². The Bertz CT molecular complexity index is 1300. The van der Waals surface area contributed by atoms with Crippen molar-refractivity contribution in [3.63, 3.8) is 0 Å². The van der Waals surface area contributed by atoms with Gasteiger partial charge in [-0.2, -0.15) is 0 Å². The van der Waals surface area contributed by atoms with E-state index in [-0.39, 0.29) is 11.9 Å². The predicted molar refractivity (Wildman–Crippen MR) is 126 cm³/mol. The molecule has 3 heterocycles. The van der Waals surface area contributed by atoms with Crippen LogP contribution in [0.15, 0.2) is 42.4 Å². The summed E-state index contributed by atoms with van der Waals surface area (Å²) in [5.41, 5.74) is 10.8. The number of anilines is 2. The van der Waals surface area contributed by atoms with Gasteiger partial charge in [0, 0.05) is 29.2 Å². The maximum Gasteiger partial charge on any atom is 0.257 e. The van der Waals surface area contributed by atoms with E-state index in [1.165, 1.54) is 24.2 Å². The Labute approximate surface area is 190 Å². The molecule has 1 saturated carbocycles. The van der Waals surface area contributed by atoms with Gasteiger partial charge in [-0.15, -0.1) is 21.5 Å². The van der Waals surface area contributed by atoms with Crippen molar-refractivity contribution in [2.45, 2.75) is 45.6 Å². The zero-order valence-corrected chi connectivity index (χ0v) is 19.1. The quantitative estimate of drug-likeness (QED) is 0.414. The van der Waals surface area contributed by atoms with Crippen molar-refractivity contribution in [3.8, 4) is 16.4 Å². The van der Waals surface area contributed by atoms with E-state index in [0.717, 1.165) is 27.6 Å². The molecular formula is C23H25N7OS. The molecule has 9 heteroatoms. The molecule has 0 atom stereocenters. The summed E-state index contributed by atoms with van der Waals surface area (Å²) in [6, 6.07) is 5.83. The van der Waals surface area contributed by atoms with Crippen molar-refractivity contribution in [1.82, 2.24) is 24.3 Å². The van der Waals surface area contributed by atoms with Crippen LogP contribution in [0.25, 0.3) is 16.4 Å². The Hall–Kier alpha value is -3.46. The Morgan fingerprint density at radius 2 is 2.06 bits per heavy atom. The van der Waals surface area contributed by atoms with Gasteiger partial charge in [0.15, 0.2) is 5.82 Å². The van der Waals surface area contributed by atoms with Gasteiger partial charge in [-0.05, 0) is 57.4 Å². The smallest absolute Gasteiger partial charge is 0.257 e. The summed E-state index contributed by atoms with van der Waals surface area (Å²) in [6.07, 6.45) is 7.97. The third kappa shape index (κ3) is 3.80. The Morgan fingerprint density at radius 3 is 2.81 bits per heavy atom. The molecule has 0 unspecified atom stereocenters. The molecule has 1 aliphatic carbocycles. The number of carbonyl (C=O) groups excluding carboxylic acids is 1. The number of rotatable bonds is 6. The number of nitrogen functional groups attached to an aromatic ring is 1. The summed E-state index contributed by atoms with van der Waals surface area (Å²) in [4.78, 5) is 18.5. The molecule has 0 bridgehead atoms. The van der Waals surface area contributed by atoms with Gasteiger partial charge in [0.05, 0.1) is 33.8 Å². The third-order valence-corrected chi connectivity index (χ3v) is 6.62. The summed E-state index contributed by atoms with van der Waals surface area (Å²) >= 11 is 1.51. The molecule has 0 spiro atoms. The van der Waals surface area contributed by atoms with Crippen LogP contribution in [0, 0.1) is 6.92 Å². The first kappa shape index (κ1) is 20.4. The van der Waals surface area contributed by atoms with Crippen molar-refractivity contribution in [2.75, 3.05) is 11.1 Å². The number of nitrogens with two attached hydrogens (primary N) is 1. The lowest BCUT2D eigenvalue weighted by Crippen LogP contribution is -2.14. The van der Waals surface area contributed by atoms with E-state index in [2.05, 4.69) is 34.3 Å². The number of thiophene rings is 1. The Morgan fingerprint density at radius 1 is 1.25 bits per heavy atom. The number of hydrogen-bond acceptors (Lipinski definition) is 6. The zero-order chi connectivity index (χ0) is 22.4. The second kappa shape index (κ2) is 7.90. The van der Waals surface area contributed by atoms with E-state index in [4.69, 9.17) is 5.73 Å². The van der Waals surface area contributed by atoms with Crippen LogP contribution in [0.5, 0.6) is 0 Å². The first-order valence-corrected chi connectivity index (χ1v) is 11.5. The van der Waals surface area contributed by atoms with Crippen molar-refractivity contribution < 1.29 is 4.79 Å². The summed E-state index contributed by atoms with van der Waals surface area (Å²) in [5.74, 6) is 1.11. The van der Waals surface area contributed by atoms with Crippen LogP contribution in [0.4, 0.5) is 11.4 Å². The molecular weight excluding hydrogens is 422 g/mol. The molecule has 0 aliphatic heterocycles. The minimum Gasteiger partial charge on any atom is -0.398 e. The number of amides is 1. The lowest BCUT2D eigenvalue weighted by atomic mass is 10.1. The second-order valence-corrected chi connectivity index (χ2v) is 9.43. The van der Waals surface area contributed by atoms with Gasteiger partial charge in [0.2, 0.25) is 0 Å². The summed E-state index contributed by atoms with van der Waals surface area (Å²) in [7, 11) is 0. The lowest BCUT2D eigenvalue weighted by Gasteiger charge is -2.12. The van der Waals surface area contributed by atoms with Gasteiger partial charge < -0.3 is 20.2 Å². The first-order valence-electron chi connectivity index (χ1n) is 10.6. The Kier molecular flexibility index (Phi) is 5.05. The predicted octanol–water partition coefficient (Wildman–Crippen LogP) is 4.79. The second-order valence-electron chi connectivity index (χ2n) is 8.52. The lowest BCUT2D eigenvalue weighted by molar-refractivity contribution is 0.102. The molecule has 8 nitrogen and oxygen atoms in total. The molecule has 164 valence electrons. The van der Waals surface area contributed by atoms with Crippen molar-refractivity contribution in [2.24, 2.45) is 0 Å². The molecule has 32 heavy (non-hydrogen) atoms. The molecule has 1 aromatic carbocycles. The molecule has 0 radical (unpaired) electrons. The van der Waals surface area contributed by atoms with Gasteiger partial charge in [-0.1, -0.05) is 0 Å². The monoisotopic (exact) mass is 447 g/mol. The van der Waals surface area contributed by atoms with E-state index < -0.39 is 0 Å². The van der Waals surface area contributed by atoms with Crippen molar-refractivity contribution >= 4 is 28.6 Å². The number of nitrogens with one attached hydrogen (secondary N) is 1. The average molecular weight is 448 g/mol. The highest BCUT2D eigenvalue weighted by molar-refractivity contribution is 7.14. The number of aryl methyl sites for hydroxylation is 1. The largest absolute Gasteiger partial charge is 0.398 e. The molecule has 3 N–H and O–H groups in total. The highest BCUT2D eigenvalue weighted by Crippen LogP contribution is 2.39.